The Bertz CT molecular complexity index is 625. The summed E-state index contributed by atoms with van der Waals surface area (Å²) in [5, 5.41) is 9.52. The van der Waals surface area contributed by atoms with Crippen LogP contribution in [0.3, 0.4) is 0 Å². The van der Waals surface area contributed by atoms with Crippen LogP contribution in [0, 0.1) is 23.2 Å². The lowest BCUT2D eigenvalue weighted by atomic mass is 9.55. The second-order valence-electron chi connectivity index (χ2n) is 8.14. The summed E-state index contributed by atoms with van der Waals surface area (Å²) < 4.78 is 5.92. The molecule has 0 amide bonds. The lowest BCUT2D eigenvalue weighted by molar-refractivity contribution is -0.141. The molecule has 0 bridgehead atoms. The minimum atomic E-state index is -0.609. The molecule has 1 aromatic carbocycles. The van der Waals surface area contributed by atoms with Gasteiger partial charge >= 0.3 is 5.97 Å². The molecule has 0 radical (unpaired) electrons. The predicted molar refractivity (Wildman–Crippen MR) is 88.4 cm³/mol. The summed E-state index contributed by atoms with van der Waals surface area (Å²) in [5.41, 5.74) is 3.09. The number of hydrogen-bond donors (Lipinski definition) is 1. The van der Waals surface area contributed by atoms with Gasteiger partial charge in [-0.05, 0) is 66.4 Å². The summed E-state index contributed by atoms with van der Waals surface area (Å²) in [6.45, 7) is 2.32. The van der Waals surface area contributed by atoms with Crippen LogP contribution < -0.4 is 0 Å². The number of aliphatic carboxylic acids is 1. The van der Waals surface area contributed by atoms with Crippen LogP contribution in [-0.4, -0.2) is 24.3 Å². The Kier molecular flexibility index (Phi) is 3.53. The van der Waals surface area contributed by atoms with E-state index in [9.17, 15) is 9.90 Å². The number of benzene rings is 1. The van der Waals surface area contributed by atoms with Gasteiger partial charge in [-0.1, -0.05) is 31.2 Å². The predicted octanol–water partition coefficient (Wildman–Crippen LogP) is 3.87. The molecule has 3 aliphatic carbocycles. The van der Waals surface area contributed by atoms with Crippen LogP contribution in [0.25, 0.3) is 0 Å². The van der Waals surface area contributed by atoms with Crippen molar-refractivity contribution in [3.8, 4) is 0 Å². The number of carbonyl (C=O) groups is 1. The van der Waals surface area contributed by atoms with Gasteiger partial charge in [-0.3, -0.25) is 4.79 Å². The number of ether oxygens (including phenoxy) is 1. The second-order valence-corrected chi connectivity index (χ2v) is 8.14. The van der Waals surface area contributed by atoms with E-state index in [1.807, 2.05) is 7.11 Å². The van der Waals surface area contributed by atoms with Crippen LogP contribution in [0.2, 0.25) is 0 Å². The average Bonchev–Trinajstić information content (AvgIpc) is 2.91. The highest BCUT2D eigenvalue weighted by atomic mass is 16.5. The highest BCUT2D eigenvalue weighted by molar-refractivity contribution is 5.70. The lowest BCUT2D eigenvalue weighted by Gasteiger charge is -2.51. The van der Waals surface area contributed by atoms with E-state index in [0.29, 0.717) is 17.8 Å². The van der Waals surface area contributed by atoms with E-state index < -0.39 is 5.97 Å². The minimum Gasteiger partial charge on any atom is -0.481 e. The summed E-state index contributed by atoms with van der Waals surface area (Å²) >= 11 is 0. The molecule has 0 aromatic heterocycles. The molecule has 0 heterocycles. The Labute approximate surface area is 138 Å². The molecule has 124 valence electrons. The van der Waals surface area contributed by atoms with Crippen LogP contribution in [0.4, 0.5) is 0 Å². The first kappa shape index (κ1) is 15.2. The molecule has 2 saturated carbocycles. The van der Waals surface area contributed by atoms with Gasteiger partial charge in [-0.25, -0.2) is 0 Å². The van der Waals surface area contributed by atoms with Crippen molar-refractivity contribution in [2.45, 2.75) is 51.0 Å². The molecule has 6 atom stereocenters. The molecule has 0 spiro atoms. The fraction of sp³-hybridized carbons (Fsp3) is 0.650. The van der Waals surface area contributed by atoms with Crippen LogP contribution in [-0.2, 0) is 16.0 Å². The smallest absolute Gasteiger partial charge is 0.306 e. The van der Waals surface area contributed by atoms with E-state index in [0.717, 1.165) is 25.7 Å². The Hall–Kier alpha value is -1.35. The molecular weight excluding hydrogens is 288 g/mol. The Morgan fingerprint density at radius 3 is 2.87 bits per heavy atom. The van der Waals surface area contributed by atoms with Gasteiger partial charge in [0.25, 0.3) is 0 Å². The molecule has 3 aliphatic rings. The van der Waals surface area contributed by atoms with Crippen LogP contribution in [0.1, 0.15) is 49.7 Å². The molecule has 0 saturated heterocycles. The fourth-order valence-corrected chi connectivity index (χ4v) is 6.00. The molecule has 0 aliphatic heterocycles. The largest absolute Gasteiger partial charge is 0.481 e. The average molecular weight is 314 g/mol. The molecule has 1 aromatic rings. The first-order valence-electron chi connectivity index (χ1n) is 8.87. The first-order valence-corrected chi connectivity index (χ1v) is 8.87. The van der Waals surface area contributed by atoms with Crippen molar-refractivity contribution in [2.75, 3.05) is 7.11 Å². The van der Waals surface area contributed by atoms with Crippen molar-refractivity contribution >= 4 is 5.97 Å². The Balaban J connectivity index is 1.73. The van der Waals surface area contributed by atoms with E-state index in [4.69, 9.17) is 4.74 Å². The normalized spacial score (nSPS) is 41.7. The molecule has 3 nitrogen and oxygen atoms in total. The van der Waals surface area contributed by atoms with Gasteiger partial charge in [0, 0.05) is 7.11 Å². The van der Waals surface area contributed by atoms with Crippen LogP contribution >= 0.6 is 0 Å². The second kappa shape index (κ2) is 5.34. The molecule has 3 heteroatoms. The molecule has 1 N–H and O–H groups in total. The molecular formula is C20H26O3. The zero-order valence-corrected chi connectivity index (χ0v) is 14.0. The van der Waals surface area contributed by atoms with Crippen molar-refractivity contribution in [1.29, 1.82) is 0 Å². The van der Waals surface area contributed by atoms with Crippen molar-refractivity contribution in [1.82, 2.24) is 0 Å². The summed E-state index contributed by atoms with van der Waals surface area (Å²) in [7, 11) is 1.82. The SMILES string of the molecule is COC1Cc2ccccc2[C@H]2CC[C@]3(C)CC(C(=O)O)C[C@H]3[C@H]12. The van der Waals surface area contributed by atoms with Gasteiger partial charge in [0.2, 0.25) is 0 Å². The maximum atomic E-state index is 11.6. The standard InChI is InChI=1S/C20H26O3/c1-20-8-7-15-14-6-4-3-5-12(14)10-17(23-2)18(15)16(20)9-13(11-20)19(21)22/h3-6,13,15-18H,7-11H2,1-2H3,(H,21,22)/t13?,15-,16+,17?,18-,20-/m1/s1. The van der Waals surface area contributed by atoms with E-state index >= 15 is 0 Å². The Morgan fingerprint density at radius 1 is 1.35 bits per heavy atom. The number of hydrogen-bond acceptors (Lipinski definition) is 2. The maximum absolute atomic E-state index is 11.6. The van der Waals surface area contributed by atoms with E-state index in [1.54, 1.807) is 0 Å². The summed E-state index contributed by atoms with van der Waals surface area (Å²) in [6.07, 6.45) is 5.18. The zero-order valence-electron chi connectivity index (χ0n) is 14.0. The van der Waals surface area contributed by atoms with Crippen molar-refractivity contribution in [2.24, 2.45) is 23.2 Å². The van der Waals surface area contributed by atoms with E-state index in [1.165, 1.54) is 17.5 Å². The summed E-state index contributed by atoms with van der Waals surface area (Å²) in [6, 6.07) is 8.78. The van der Waals surface area contributed by atoms with Gasteiger partial charge in [0.1, 0.15) is 0 Å². The van der Waals surface area contributed by atoms with Crippen molar-refractivity contribution in [3.05, 3.63) is 35.4 Å². The minimum absolute atomic E-state index is 0.168. The van der Waals surface area contributed by atoms with Gasteiger partial charge in [0.15, 0.2) is 0 Å². The molecule has 2 fully saturated rings. The van der Waals surface area contributed by atoms with E-state index in [2.05, 4.69) is 31.2 Å². The van der Waals surface area contributed by atoms with Crippen molar-refractivity contribution in [3.63, 3.8) is 0 Å². The van der Waals surface area contributed by atoms with E-state index in [-0.39, 0.29) is 17.4 Å². The molecule has 4 rings (SSSR count). The third kappa shape index (κ3) is 2.24. The highest BCUT2D eigenvalue weighted by Crippen LogP contribution is 2.62. The quantitative estimate of drug-likeness (QED) is 0.901. The van der Waals surface area contributed by atoms with Gasteiger partial charge < -0.3 is 9.84 Å². The summed E-state index contributed by atoms with van der Waals surface area (Å²) in [4.78, 5) is 11.6. The van der Waals surface area contributed by atoms with Crippen LogP contribution in [0.5, 0.6) is 0 Å². The van der Waals surface area contributed by atoms with Gasteiger partial charge in [0.05, 0.1) is 12.0 Å². The first-order chi connectivity index (χ1) is 11.0. The highest BCUT2D eigenvalue weighted by Gasteiger charge is 2.56. The van der Waals surface area contributed by atoms with Crippen molar-refractivity contribution < 1.29 is 14.6 Å². The zero-order chi connectivity index (χ0) is 16.2. The van der Waals surface area contributed by atoms with Gasteiger partial charge in [-0.15, -0.1) is 0 Å². The molecule has 23 heavy (non-hydrogen) atoms. The van der Waals surface area contributed by atoms with Crippen LogP contribution in [0.15, 0.2) is 24.3 Å². The third-order valence-electron chi connectivity index (χ3n) is 7.06. The number of carboxylic acids is 1. The third-order valence-corrected chi connectivity index (χ3v) is 7.06. The number of methoxy groups -OCH3 is 1. The topological polar surface area (TPSA) is 46.5 Å². The number of fused-ring (bicyclic) bond motifs is 5. The van der Waals surface area contributed by atoms with Gasteiger partial charge in [-0.2, -0.15) is 0 Å². The number of rotatable bonds is 2. The fourth-order valence-electron chi connectivity index (χ4n) is 6.00. The number of carboxylic acid groups (broad SMARTS) is 1. The molecule has 2 unspecified atom stereocenters. The lowest BCUT2D eigenvalue weighted by Crippen LogP contribution is -2.47. The summed E-state index contributed by atoms with van der Waals surface area (Å²) in [5.74, 6) is 0.704. The maximum Gasteiger partial charge on any atom is 0.306 e. The Morgan fingerprint density at radius 2 is 2.13 bits per heavy atom. The monoisotopic (exact) mass is 314 g/mol.